The van der Waals surface area contributed by atoms with Crippen LogP contribution < -0.4 is 16.0 Å². The minimum Gasteiger partial charge on any atom is -0.325 e. The van der Waals surface area contributed by atoms with Crippen LogP contribution in [0.4, 0.5) is 14.5 Å². The van der Waals surface area contributed by atoms with Crippen LogP contribution in [0.3, 0.4) is 0 Å². The van der Waals surface area contributed by atoms with E-state index in [1.165, 1.54) is 17.0 Å². The highest BCUT2D eigenvalue weighted by molar-refractivity contribution is 6.15. The Morgan fingerprint density at radius 1 is 0.932 bits per heavy atom. The van der Waals surface area contributed by atoms with Crippen LogP contribution in [0.1, 0.15) is 60.4 Å². The van der Waals surface area contributed by atoms with E-state index in [-0.39, 0.29) is 24.9 Å². The van der Waals surface area contributed by atoms with Crippen molar-refractivity contribution in [2.24, 2.45) is 4.99 Å². The second kappa shape index (κ2) is 10.9. The Labute approximate surface area is 253 Å². The molecule has 3 aromatic rings. The SMILES string of the molecule is O=C(CN1C(=O)C2(CCCCC2)NC[C@H]1c1cc(F)cc(F)c1)Nc1ccc2c(c1)CC1(C2)N=C(c2ccccc2)NC1=O. The lowest BCUT2D eigenvalue weighted by atomic mass is 9.78. The molecule has 2 aliphatic carbocycles. The smallest absolute Gasteiger partial charge is 0.254 e. The number of nitrogens with one attached hydrogen (secondary N) is 3. The maximum Gasteiger partial charge on any atom is 0.254 e. The second-order valence-electron chi connectivity index (χ2n) is 12.4. The van der Waals surface area contributed by atoms with Crippen LogP contribution in [-0.2, 0) is 27.2 Å². The zero-order chi connectivity index (χ0) is 30.5. The number of fused-ring (bicyclic) bond motifs is 1. The Bertz CT molecular complexity index is 1670. The molecule has 3 aromatic carbocycles. The summed E-state index contributed by atoms with van der Waals surface area (Å²) in [5, 5.41) is 9.23. The van der Waals surface area contributed by atoms with E-state index in [0.29, 0.717) is 42.8 Å². The summed E-state index contributed by atoms with van der Waals surface area (Å²) in [6.07, 6.45) is 5.00. The Kier molecular flexibility index (Phi) is 7.04. The molecule has 3 amide bonds. The summed E-state index contributed by atoms with van der Waals surface area (Å²) in [5.74, 6) is -1.69. The van der Waals surface area contributed by atoms with Crippen LogP contribution in [0.25, 0.3) is 0 Å². The average molecular weight is 598 g/mol. The number of halogens is 2. The normalized spacial score (nSPS) is 23.9. The van der Waals surface area contributed by atoms with Crippen molar-refractivity contribution >= 4 is 29.2 Å². The summed E-state index contributed by atoms with van der Waals surface area (Å²) in [5.41, 5.74) is 1.90. The van der Waals surface area contributed by atoms with Gasteiger partial charge in [-0.15, -0.1) is 0 Å². The van der Waals surface area contributed by atoms with Gasteiger partial charge >= 0.3 is 0 Å². The number of piperazine rings is 1. The van der Waals surface area contributed by atoms with Gasteiger partial charge in [-0.25, -0.2) is 8.78 Å². The molecule has 0 aromatic heterocycles. The number of amidine groups is 1. The number of nitrogens with zero attached hydrogens (tertiary/aromatic N) is 2. The maximum atomic E-state index is 14.2. The van der Waals surface area contributed by atoms with E-state index in [0.717, 1.165) is 42.0 Å². The quantitative estimate of drug-likeness (QED) is 0.411. The zero-order valence-electron chi connectivity index (χ0n) is 24.2. The first kappa shape index (κ1) is 28.3. The molecule has 2 fully saturated rings. The van der Waals surface area contributed by atoms with E-state index in [4.69, 9.17) is 4.99 Å². The second-order valence-corrected chi connectivity index (χ2v) is 12.4. The summed E-state index contributed by atoms with van der Waals surface area (Å²) in [7, 11) is 0. The van der Waals surface area contributed by atoms with Crippen molar-refractivity contribution in [3.8, 4) is 0 Å². The highest BCUT2D eigenvalue weighted by Crippen LogP contribution is 2.39. The van der Waals surface area contributed by atoms with E-state index < -0.39 is 34.7 Å². The minimum atomic E-state index is -0.925. The molecule has 0 bridgehead atoms. The van der Waals surface area contributed by atoms with Crippen LogP contribution in [0.2, 0.25) is 0 Å². The predicted molar refractivity (Wildman–Crippen MR) is 161 cm³/mol. The van der Waals surface area contributed by atoms with E-state index in [2.05, 4.69) is 16.0 Å². The molecular formula is C34H33F2N5O3. The van der Waals surface area contributed by atoms with Gasteiger partial charge in [-0.2, -0.15) is 0 Å². The first-order chi connectivity index (χ1) is 21.2. The third-order valence-corrected chi connectivity index (χ3v) is 9.45. The van der Waals surface area contributed by atoms with Crippen LogP contribution in [0.15, 0.2) is 71.7 Å². The van der Waals surface area contributed by atoms with Gasteiger partial charge in [0.25, 0.3) is 5.91 Å². The molecule has 3 N–H and O–H groups in total. The molecule has 2 heterocycles. The number of rotatable bonds is 5. The van der Waals surface area contributed by atoms with Crippen LogP contribution in [0.5, 0.6) is 0 Å². The third-order valence-electron chi connectivity index (χ3n) is 9.45. The van der Waals surface area contributed by atoms with E-state index in [9.17, 15) is 23.2 Å². The molecular weight excluding hydrogens is 564 g/mol. The Morgan fingerprint density at radius 3 is 2.41 bits per heavy atom. The Hall–Kier alpha value is -4.44. The van der Waals surface area contributed by atoms with E-state index in [1.54, 1.807) is 6.07 Å². The minimum absolute atomic E-state index is 0.146. The number of carbonyl (C=O) groups excluding carboxylic acids is 3. The van der Waals surface area contributed by atoms with Gasteiger partial charge in [-0.1, -0.05) is 55.7 Å². The summed E-state index contributed by atoms with van der Waals surface area (Å²) in [6, 6.07) is 17.6. The molecule has 8 nitrogen and oxygen atoms in total. The lowest BCUT2D eigenvalue weighted by Crippen LogP contribution is -2.66. The number of hydrogen-bond donors (Lipinski definition) is 3. The van der Waals surface area contributed by atoms with Gasteiger partial charge in [0.05, 0.1) is 11.6 Å². The standard InChI is InChI=1S/C34H33F2N5O3/c35-25-13-23(14-26(36)16-25)28-19-37-33(11-5-2-6-12-33)32(44)41(28)20-29(42)38-27-10-9-22-17-34(18-24(22)15-27)31(43)39-30(40-34)21-7-3-1-4-8-21/h1,3-4,7-10,13-16,28,37H,2,5-6,11-12,17-20H2,(H,38,42)(H,39,40,43)/t28-,34?/m0/s1. The van der Waals surface area contributed by atoms with Crippen LogP contribution >= 0.6 is 0 Å². The van der Waals surface area contributed by atoms with E-state index in [1.807, 2.05) is 42.5 Å². The summed E-state index contributed by atoms with van der Waals surface area (Å²) in [6.45, 7) is 0.0234. The summed E-state index contributed by atoms with van der Waals surface area (Å²) < 4.78 is 28.4. The monoisotopic (exact) mass is 597 g/mol. The molecule has 2 aliphatic heterocycles. The van der Waals surface area contributed by atoms with Gasteiger partial charge in [-0.05, 0) is 53.8 Å². The van der Waals surface area contributed by atoms with Crippen molar-refractivity contribution in [1.29, 1.82) is 0 Å². The number of benzene rings is 3. The fourth-order valence-electron chi connectivity index (χ4n) is 7.27. The van der Waals surface area contributed by atoms with E-state index >= 15 is 0 Å². The highest BCUT2D eigenvalue weighted by atomic mass is 19.1. The molecule has 2 spiro atoms. The van der Waals surface area contributed by atoms with Gasteiger partial charge in [0.15, 0.2) is 0 Å². The number of anilines is 1. The lowest BCUT2D eigenvalue weighted by Gasteiger charge is -2.48. The van der Waals surface area contributed by atoms with Crippen LogP contribution in [-0.4, -0.2) is 52.6 Å². The van der Waals surface area contributed by atoms with Crippen molar-refractivity contribution < 1.29 is 23.2 Å². The Morgan fingerprint density at radius 2 is 1.66 bits per heavy atom. The van der Waals surface area contributed by atoms with Crippen LogP contribution in [0, 0.1) is 11.6 Å². The number of hydrogen-bond acceptors (Lipinski definition) is 5. The third kappa shape index (κ3) is 5.06. The molecule has 0 radical (unpaired) electrons. The topological polar surface area (TPSA) is 103 Å². The number of carbonyl (C=O) groups is 3. The fraction of sp³-hybridized carbons (Fsp3) is 0.353. The Balaban J connectivity index is 1.10. The molecule has 7 rings (SSSR count). The first-order valence-electron chi connectivity index (χ1n) is 15.1. The van der Waals surface area contributed by atoms with Gasteiger partial charge in [0, 0.05) is 36.7 Å². The molecule has 10 heteroatoms. The van der Waals surface area contributed by atoms with Crippen molar-refractivity contribution in [1.82, 2.24) is 15.5 Å². The first-order valence-corrected chi connectivity index (χ1v) is 15.1. The molecule has 44 heavy (non-hydrogen) atoms. The molecule has 2 atom stereocenters. The molecule has 4 aliphatic rings. The number of aliphatic imine (C=N–C) groups is 1. The summed E-state index contributed by atoms with van der Waals surface area (Å²) in [4.78, 5) is 46.8. The largest absolute Gasteiger partial charge is 0.325 e. The molecule has 1 saturated heterocycles. The van der Waals surface area contributed by atoms with Gasteiger partial charge in [0.2, 0.25) is 11.8 Å². The number of amides is 3. The molecule has 1 unspecified atom stereocenters. The van der Waals surface area contributed by atoms with Crippen molar-refractivity contribution in [3.63, 3.8) is 0 Å². The van der Waals surface area contributed by atoms with Gasteiger partial charge < -0.3 is 20.9 Å². The average Bonchev–Trinajstić information content (AvgIpc) is 3.54. The molecule has 1 saturated carbocycles. The molecule has 226 valence electrons. The van der Waals surface area contributed by atoms with Crippen molar-refractivity contribution in [2.75, 3.05) is 18.4 Å². The maximum absolute atomic E-state index is 14.2. The van der Waals surface area contributed by atoms with Gasteiger partial charge in [-0.3, -0.25) is 19.4 Å². The predicted octanol–water partition coefficient (Wildman–Crippen LogP) is 4.19. The van der Waals surface area contributed by atoms with Crippen molar-refractivity contribution in [3.05, 3.63) is 101 Å². The zero-order valence-corrected chi connectivity index (χ0v) is 24.2. The lowest BCUT2D eigenvalue weighted by molar-refractivity contribution is -0.149. The van der Waals surface area contributed by atoms with Gasteiger partial charge in [0.1, 0.15) is 29.6 Å². The fourth-order valence-corrected chi connectivity index (χ4v) is 7.27. The highest BCUT2D eigenvalue weighted by Gasteiger charge is 2.49. The van der Waals surface area contributed by atoms with Crippen molar-refractivity contribution in [2.45, 2.75) is 62.1 Å². The summed E-state index contributed by atoms with van der Waals surface area (Å²) >= 11 is 0.